The molecule has 1 fully saturated rings. The molecule has 1 aliphatic rings. The molecule has 2 atom stereocenters. The van der Waals surface area contributed by atoms with E-state index in [1.54, 1.807) is 48.5 Å². The van der Waals surface area contributed by atoms with Crippen LogP contribution in [0.5, 0.6) is 11.5 Å². The normalized spacial score (nSPS) is 15.2. The highest BCUT2D eigenvalue weighted by Crippen LogP contribution is 2.30. The van der Waals surface area contributed by atoms with Crippen LogP contribution in [0.4, 0.5) is 11.4 Å². The van der Waals surface area contributed by atoms with Gasteiger partial charge in [0.15, 0.2) is 0 Å². The minimum absolute atomic E-state index is 0.0317. The molecule has 21 heteroatoms. The quantitative estimate of drug-likeness (QED) is 0.0990. The summed E-state index contributed by atoms with van der Waals surface area (Å²) in [5.74, 6) is -1.05. The standard InChI is InChI=1S/C40H36Cl2N6O11S2/c1-55-39(49)35-17-29(13-15-37(35)45-60(51,52)33-19-43-47(21-33)27-7-3-25(41)4-8-27)57-23-31-11-12-32(59-31)24-58-30-14-16-38(36(18-30)40(50)56-2)46-61(53,54)34-20-44-48(22-34)28-9-5-26(42)6-10-28/h3-10,13-22,31-32,45-46H,11-12,23-24H2,1-2H3. The first-order valence-corrected chi connectivity index (χ1v) is 22.0. The molecule has 6 aromatic rings. The van der Waals surface area contributed by atoms with E-state index in [1.807, 2.05) is 0 Å². The Labute approximate surface area is 360 Å². The number of nitrogens with zero attached hydrogens (tertiary/aromatic N) is 4. The summed E-state index contributed by atoms with van der Waals surface area (Å²) in [6, 6.07) is 21.9. The van der Waals surface area contributed by atoms with Crippen molar-refractivity contribution in [3.63, 3.8) is 0 Å². The second-order valence-electron chi connectivity index (χ2n) is 13.4. The van der Waals surface area contributed by atoms with E-state index in [-0.39, 0.29) is 69.2 Å². The van der Waals surface area contributed by atoms with E-state index in [9.17, 15) is 26.4 Å². The number of aromatic nitrogens is 4. The van der Waals surface area contributed by atoms with Crippen LogP contribution >= 0.6 is 23.2 Å². The highest BCUT2D eigenvalue weighted by molar-refractivity contribution is 7.93. The van der Waals surface area contributed by atoms with E-state index in [4.69, 9.17) is 46.9 Å². The number of nitrogens with one attached hydrogen (secondary N) is 2. The molecule has 2 unspecified atom stereocenters. The maximum atomic E-state index is 13.3. The third kappa shape index (κ3) is 10.3. The van der Waals surface area contributed by atoms with Crippen molar-refractivity contribution in [3.8, 4) is 22.9 Å². The van der Waals surface area contributed by atoms with Crippen molar-refractivity contribution in [1.29, 1.82) is 0 Å². The fourth-order valence-electron chi connectivity index (χ4n) is 6.13. The van der Waals surface area contributed by atoms with Gasteiger partial charge < -0.3 is 23.7 Å². The number of esters is 2. The van der Waals surface area contributed by atoms with Gasteiger partial charge in [-0.1, -0.05) is 23.2 Å². The number of hydrogen-bond donors (Lipinski definition) is 2. The molecule has 318 valence electrons. The molecule has 1 saturated heterocycles. The van der Waals surface area contributed by atoms with Crippen LogP contribution in [0.2, 0.25) is 10.0 Å². The van der Waals surface area contributed by atoms with Gasteiger partial charge in [-0.3, -0.25) is 9.44 Å². The molecule has 61 heavy (non-hydrogen) atoms. The Balaban J connectivity index is 0.944. The summed E-state index contributed by atoms with van der Waals surface area (Å²) in [6.07, 6.45) is 5.54. The molecule has 0 amide bonds. The first kappa shape index (κ1) is 43.0. The van der Waals surface area contributed by atoms with E-state index in [1.165, 1.54) is 84.8 Å². The van der Waals surface area contributed by atoms with Gasteiger partial charge >= 0.3 is 11.9 Å². The van der Waals surface area contributed by atoms with Crippen LogP contribution in [0.1, 0.15) is 33.6 Å². The zero-order chi connectivity index (χ0) is 43.3. The van der Waals surface area contributed by atoms with Crippen molar-refractivity contribution in [2.75, 3.05) is 36.9 Å². The lowest BCUT2D eigenvalue weighted by atomic mass is 10.1. The van der Waals surface area contributed by atoms with E-state index >= 15 is 0 Å². The summed E-state index contributed by atoms with van der Waals surface area (Å²) < 4.78 is 88.6. The average Bonchev–Trinajstić information content (AvgIpc) is 4.06. The Bertz CT molecular complexity index is 2590. The molecule has 0 bridgehead atoms. The average molecular weight is 912 g/mol. The lowest BCUT2D eigenvalue weighted by molar-refractivity contribution is -0.00232. The first-order chi connectivity index (χ1) is 29.2. The summed E-state index contributed by atoms with van der Waals surface area (Å²) >= 11 is 11.9. The molecule has 2 N–H and O–H groups in total. The van der Waals surface area contributed by atoms with Crippen molar-refractivity contribution in [3.05, 3.63) is 131 Å². The monoisotopic (exact) mass is 910 g/mol. The van der Waals surface area contributed by atoms with Gasteiger partial charge in [-0.15, -0.1) is 0 Å². The number of carbonyl (C=O) groups is 2. The molecule has 17 nitrogen and oxygen atoms in total. The summed E-state index contributed by atoms with van der Waals surface area (Å²) in [5.41, 5.74) is 0.961. The van der Waals surface area contributed by atoms with Crippen LogP contribution < -0.4 is 18.9 Å². The van der Waals surface area contributed by atoms with Gasteiger partial charge in [0, 0.05) is 10.0 Å². The molecule has 0 spiro atoms. The highest BCUT2D eigenvalue weighted by Gasteiger charge is 2.28. The maximum Gasteiger partial charge on any atom is 0.340 e. The largest absolute Gasteiger partial charge is 0.491 e. The second-order valence-corrected chi connectivity index (χ2v) is 17.6. The number of carbonyl (C=O) groups excluding carboxylic acids is 2. The molecule has 3 heterocycles. The first-order valence-electron chi connectivity index (χ1n) is 18.2. The van der Waals surface area contributed by atoms with E-state index in [0.29, 0.717) is 34.3 Å². The van der Waals surface area contributed by atoms with Gasteiger partial charge in [-0.2, -0.15) is 10.2 Å². The van der Waals surface area contributed by atoms with Crippen molar-refractivity contribution in [2.24, 2.45) is 0 Å². The number of sulfonamides is 2. The molecule has 0 radical (unpaired) electrons. The number of ether oxygens (including phenoxy) is 5. The number of benzene rings is 4. The minimum Gasteiger partial charge on any atom is -0.491 e. The van der Waals surface area contributed by atoms with E-state index < -0.39 is 32.0 Å². The van der Waals surface area contributed by atoms with Gasteiger partial charge in [0.1, 0.15) is 34.5 Å². The Morgan fingerprint density at radius 1 is 0.656 bits per heavy atom. The molecular formula is C40H36Cl2N6O11S2. The summed E-state index contributed by atoms with van der Waals surface area (Å²) in [7, 11) is -6.00. The Hall–Kier alpha value is -6.12. The van der Waals surface area contributed by atoms with Crippen LogP contribution in [0.25, 0.3) is 11.4 Å². The number of rotatable bonds is 16. The Kier molecular flexibility index (Phi) is 12.9. The third-order valence-electron chi connectivity index (χ3n) is 9.27. The van der Waals surface area contributed by atoms with Crippen molar-refractivity contribution < 1.29 is 50.1 Å². The zero-order valence-electron chi connectivity index (χ0n) is 32.2. The fourth-order valence-corrected chi connectivity index (χ4v) is 8.40. The smallest absolute Gasteiger partial charge is 0.340 e. The van der Waals surface area contributed by atoms with Gasteiger partial charge in [0.05, 0.1) is 85.1 Å². The van der Waals surface area contributed by atoms with Crippen LogP contribution in [0.3, 0.4) is 0 Å². The number of anilines is 2. The van der Waals surface area contributed by atoms with Crippen LogP contribution in [0.15, 0.2) is 120 Å². The van der Waals surface area contributed by atoms with E-state index in [2.05, 4.69) is 19.6 Å². The summed E-state index contributed by atoms with van der Waals surface area (Å²) in [4.78, 5) is 25.2. The third-order valence-corrected chi connectivity index (χ3v) is 12.4. The maximum absolute atomic E-state index is 13.3. The lowest BCUT2D eigenvalue weighted by Gasteiger charge is -2.17. The van der Waals surface area contributed by atoms with Gasteiger partial charge in [0.2, 0.25) is 0 Å². The molecular weight excluding hydrogens is 876 g/mol. The van der Waals surface area contributed by atoms with Crippen molar-refractivity contribution in [1.82, 2.24) is 19.6 Å². The summed E-state index contributed by atoms with van der Waals surface area (Å²) in [6.45, 7) is 0.206. The SMILES string of the molecule is COC(=O)c1cc(OCC2CCC(COc3ccc(NS(=O)(=O)c4cnn(-c5ccc(Cl)cc5)c4)c(C(=O)OC)c3)O2)ccc1NS(=O)(=O)c1cnn(-c2ccc(Cl)cc2)c1. The van der Waals surface area contributed by atoms with Crippen molar-refractivity contribution in [2.45, 2.75) is 34.8 Å². The van der Waals surface area contributed by atoms with Gasteiger partial charge in [-0.25, -0.2) is 35.8 Å². The van der Waals surface area contributed by atoms with E-state index in [0.717, 1.165) is 0 Å². The Morgan fingerprint density at radius 2 is 1.05 bits per heavy atom. The predicted molar refractivity (Wildman–Crippen MR) is 223 cm³/mol. The minimum atomic E-state index is -4.18. The number of methoxy groups -OCH3 is 2. The molecule has 1 aliphatic heterocycles. The molecule has 7 rings (SSSR count). The molecule has 0 aliphatic carbocycles. The van der Waals surface area contributed by atoms with Crippen LogP contribution in [0, 0.1) is 0 Å². The second kappa shape index (κ2) is 18.2. The van der Waals surface area contributed by atoms with Crippen LogP contribution in [-0.4, -0.2) is 88.0 Å². The number of hydrogen-bond acceptors (Lipinski definition) is 13. The predicted octanol–water partition coefficient (Wildman–Crippen LogP) is 6.55. The molecule has 0 saturated carbocycles. The molecule has 2 aromatic heterocycles. The van der Waals surface area contributed by atoms with Crippen LogP contribution in [-0.2, 0) is 34.3 Å². The summed E-state index contributed by atoms with van der Waals surface area (Å²) in [5, 5.41) is 9.30. The molecule has 4 aromatic carbocycles. The fraction of sp³-hybridized carbons (Fsp3) is 0.200. The Morgan fingerprint density at radius 3 is 1.43 bits per heavy atom. The lowest BCUT2D eigenvalue weighted by Crippen LogP contribution is -2.23. The highest BCUT2D eigenvalue weighted by atomic mass is 35.5. The zero-order valence-corrected chi connectivity index (χ0v) is 35.4. The van der Waals surface area contributed by atoms with Crippen molar-refractivity contribution >= 4 is 66.6 Å². The van der Waals surface area contributed by atoms with Gasteiger partial charge in [-0.05, 0) is 97.8 Å². The topological polar surface area (TPSA) is 208 Å². The van der Waals surface area contributed by atoms with Gasteiger partial charge in [0.25, 0.3) is 20.0 Å². The number of halogens is 2.